The highest BCUT2D eigenvalue weighted by Gasteiger charge is 2.38. The quantitative estimate of drug-likeness (QED) is 0.0854. The van der Waals surface area contributed by atoms with Gasteiger partial charge in [0, 0.05) is 24.4 Å². The molecule has 0 aliphatic heterocycles. The highest BCUT2D eigenvalue weighted by atomic mass is 35.5. The molecule has 15 heteroatoms. The van der Waals surface area contributed by atoms with Gasteiger partial charge in [-0.2, -0.15) is 21.6 Å². The van der Waals surface area contributed by atoms with Crippen LogP contribution in [0.25, 0.3) is 0 Å². The lowest BCUT2D eigenvalue weighted by Gasteiger charge is -2.42. The summed E-state index contributed by atoms with van der Waals surface area (Å²) >= 11 is 6.59. The van der Waals surface area contributed by atoms with E-state index in [1.807, 2.05) is 13.8 Å². The summed E-state index contributed by atoms with van der Waals surface area (Å²) in [5, 5.41) is -0.311. The lowest BCUT2D eigenvalue weighted by atomic mass is 9.78. The molecule has 0 bridgehead atoms. The second kappa shape index (κ2) is 15.7. The summed E-state index contributed by atoms with van der Waals surface area (Å²) in [4.78, 5) is 14.3. The summed E-state index contributed by atoms with van der Waals surface area (Å²) in [6.07, 6.45) is 0.920. The standard InChI is InChI=1S/C35H38ClF3N5O5S/c1-5-43(6-2)28-19-24(23-8-7-9-26(18-23)35(37,38)39)11-13-29(28)49-33-15-14-31(34(36)42-33)50(45,46)44(32-16-17-40-22-41-32)21-25-10-12-27(47-3)20-30(25)48-4/h7-10,12,14-18,20-22,24,28-29H,5-6,11,13,19H2,1-4H3/q+1/b44-21+/t24-,28-,29-/m0/s1. The average molecular weight is 733 g/mol. The van der Waals surface area contributed by atoms with Gasteiger partial charge in [-0.15, -0.1) is 3.98 Å². The highest BCUT2D eigenvalue weighted by Crippen LogP contribution is 2.39. The number of halogens is 4. The molecule has 0 amide bonds. The van der Waals surface area contributed by atoms with E-state index >= 15 is 0 Å². The highest BCUT2D eigenvalue weighted by molar-refractivity contribution is 7.85. The van der Waals surface area contributed by atoms with E-state index in [0.717, 1.165) is 10.0 Å². The molecule has 0 spiro atoms. The summed E-state index contributed by atoms with van der Waals surface area (Å²) in [6, 6.07) is 14.5. The van der Waals surface area contributed by atoms with Crippen LogP contribution in [0.15, 0.2) is 78.1 Å². The van der Waals surface area contributed by atoms with Gasteiger partial charge in [0.1, 0.15) is 28.7 Å². The molecule has 2 aromatic heterocycles. The number of rotatable bonds is 12. The molecular formula is C35H38ClF3N5O5S+. The monoisotopic (exact) mass is 732 g/mol. The van der Waals surface area contributed by atoms with Gasteiger partial charge in [-0.3, -0.25) is 4.90 Å². The summed E-state index contributed by atoms with van der Waals surface area (Å²) in [5.74, 6) is 0.958. The molecular weight excluding hydrogens is 695 g/mol. The van der Waals surface area contributed by atoms with E-state index in [1.165, 1.54) is 63.3 Å². The number of hydrogen-bond donors (Lipinski definition) is 0. The Balaban J connectivity index is 1.44. The Bertz CT molecular complexity index is 1930. The third-order valence-electron chi connectivity index (χ3n) is 8.81. The van der Waals surface area contributed by atoms with E-state index in [9.17, 15) is 21.6 Å². The van der Waals surface area contributed by atoms with E-state index in [0.29, 0.717) is 55.0 Å². The van der Waals surface area contributed by atoms with Crippen LogP contribution in [0.1, 0.15) is 55.7 Å². The molecule has 1 aliphatic rings. The molecule has 5 rings (SSSR count). The Kier molecular flexibility index (Phi) is 11.6. The molecule has 266 valence electrons. The van der Waals surface area contributed by atoms with Gasteiger partial charge in [0.2, 0.25) is 12.2 Å². The van der Waals surface area contributed by atoms with E-state index in [1.54, 1.807) is 24.3 Å². The van der Waals surface area contributed by atoms with Crippen molar-refractivity contribution >= 4 is 33.7 Å². The van der Waals surface area contributed by atoms with Crippen molar-refractivity contribution in [1.82, 2.24) is 19.9 Å². The van der Waals surface area contributed by atoms with Gasteiger partial charge < -0.3 is 14.2 Å². The van der Waals surface area contributed by atoms with Crippen molar-refractivity contribution in [3.05, 3.63) is 95.0 Å². The minimum atomic E-state index is -4.42. The average Bonchev–Trinajstić information content (AvgIpc) is 3.11. The van der Waals surface area contributed by atoms with Gasteiger partial charge in [0.25, 0.3) is 0 Å². The summed E-state index contributed by atoms with van der Waals surface area (Å²) in [7, 11) is -1.43. The number of ether oxygens (including phenoxy) is 3. The minimum Gasteiger partial charge on any atom is -0.497 e. The van der Waals surface area contributed by atoms with Crippen molar-refractivity contribution in [2.24, 2.45) is 0 Å². The number of alkyl halides is 3. The zero-order valence-electron chi connectivity index (χ0n) is 28.0. The van der Waals surface area contributed by atoms with Crippen molar-refractivity contribution < 1.29 is 39.8 Å². The molecule has 1 saturated carbocycles. The minimum absolute atomic E-state index is 0.0499. The first kappa shape index (κ1) is 37.0. The van der Waals surface area contributed by atoms with Gasteiger partial charge in [-0.1, -0.05) is 43.6 Å². The SMILES string of the molecule is CCN(CC)[C@H]1C[C@@H](c2cccc(C(F)(F)F)c2)CC[C@@H]1Oc1ccc(S(=O)(=O)/[N+](=C/c2ccc(OC)cc2OC)c2ccncn2)c(Cl)n1. The van der Waals surface area contributed by atoms with Crippen molar-refractivity contribution in [3.63, 3.8) is 0 Å². The molecule has 10 nitrogen and oxygen atoms in total. The molecule has 3 atom stereocenters. The molecule has 0 N–H and O–H groups in total. The first-order chi connectivity index (χ1) is 23.9. The first-order valence-electron chi connectivity index (χ1n) is 16.0. The number of likely N-dealkylation sites (N-methyl/N-ethyl adjacent to an activating group) is 1. The van der Waals surface area contributed by atoms with E-state index in [2.05, 4.69) is 19.9 Å². The number of nitrogens with zero attached hydrogens (tertiary/aromatic N) is 5. The van der Waals surface area contributed by atoms with Crippen LogP contribution in [0.3, 0.4) is 0 Å². The number of aromatic nitrogens is 3. The van der Waals surface area contributed by atoms with E-state index in [4.69, 9.17) is 25.8 Å². The fraction of sp³-hybridized carbons (Fsp3) is 0.371. The van der Waals surface area contributed by atoms with Crippen molar-refractivity contribution in [3.8, 4) is 17.4 Å². The van der Waals surface area contributed by atoms with Crippen LogP contribution < -0.4 is 14.2 Å². The smallest absolute Gasteiger partial charge is 0.416 e. The van der Waals surface area contributed by atoms with E-state index in [-0.39, 0.29) is 39.8 Å². The van der Waals surface area contributed by atoms with Crippen molar-refractivity contribution in [1.29, 1.82) is 0 Å². The summed E-state index contributed by atoms with van der Waals surface area (Å²) in [6.45, 7) is 5.45. The maximum absolute atomic E-state index is 14.2. The number of sulfonamides is 1. The van der Waals surface area contributed by atoms with Gasteiger partial charge >= 0.3 is 22.0 Å². The molecule has 50 heavy (non-hydrogen) atoms. The number of benzene rings is 2. The Labute approximate surface area is 294 Å². The zero-order valence-corrected chi connectivity index (χ0v) is 29.5. The Morgan fingerprint density at radius 2 is 1.80 bits per heavy atom. The van der Waals surface area contributed by atoms with Crippen LogP contribution in [-0.4, -0.2) is 77.9 Å². The Morgan fingerprint density at radius 3 is 2.44 bits per heavy atom. The van der Waals surface area contributed by atoms with Crippen LogP contribution in [0.4, 0.5) is 19.0 Å². The Morgan fingerprint density at radius 1 is 1.02 bits per heavy atom. The van der Waals surface area contributed by atoms with E-state index < -0.39 is 21.8 Å². The lowest BCUT2D eigenvalue weighted by Crippen LogP contribution is -2.49. The molecule has 0 saturated heterocycles. The van der Waals surface area contributed by atoms with Crippen molar-refractivity contribution in [2.45, 2.75) is 62.2 Å². The fourth-order valence-electron chi connectivity index (χ4n) is 6.25. The number of hydrogen-bond acceptors (Lipinski definition) is 9. The fourth-order valence-corrected chi connectivity index (χ4v) is 8.01. The second-order valence-electron chi connectivity index (χ2n) is 11.6. The second-order valence-corrected chi connectivity index (χ2v) is 13.8. The normalized spacial score (nSPS) is 18.6. The van der Waals surface area contributed by atoms with Gasteiger partial charge in [0.05, 0.1) is 31.4 Å². The van der Waals surface area contributed by atoms with Gasteiger partial charge in [-0.05, 0) is 73.1 Å². The number of methoxy groups -OCH3 is 2. The lowest BCUT2D eigenvalue weighted by molar-refractivity contribution is -0.260. The van der Waals surface area contributed by atoms with Crippen molar-refractivity contribution in [2.75, 3.05) is 27.3 Å². The third-order valence-corrected chi connectivity index (χ3v) is 10.9. The predicted octanol–water partition coefficient (Wildman–Crippen LogP) is 7.14. The maximum atomic E-state index is 14.2. The topological polar surface area (TPSA) is 107 Å². The molecule has 1 fully saturated rings. The number of pyridine rings is 1. The molecule has 2 aromatic carbocycles. The maximum Gasteiger partial charge on any atom is 0.416 e. The molecule has 2 heterocycles. The van der Waals surface area contributed by atoms with Crippen LogP contribution in [-0.2, 0) is 16.2 Å². The first-order valence-corrected chi connectivity index (χ1v) is 17.8. The predicted molar refractivity (Wildman–Crippen MR) is 182 cm³/mol. The molecule has 0 unspecified atom stereocenters. The van der Waals surface area contributed by atoms with Crippen LogP contribution in [0.5, 0.6) is 17.4 Å². The van der Waals surface area contributed by atoms with Crippen LogP contribution in [0.2, 0.25) is 5.15 Å². The van der Waals surface area contributed by atoms with Gasteiger partial charge in [0.15, 0.2) is 5.15 Å². The molecule has 4 aromatic rings. The van der Waals surface area contributed by atoms with Gasteiger partial charge in [-0.25, -0.2) is 9.97 Å². The molecule has 1 aliphatic carbocycles. The zero-order chi connectivity index (χ0) is 36.1. The largest absolute Gasteiger partial charge is 0.497 e. The molecule has 0 radical (unpaired) electrons. The third kappa shape index (κ3) is 8.19. The summed E-state index contributed by atoms with van der Waals surface area (Å²) in [5.41, 5.74) is 0.395. The van der Waals surface area contributed by atoms with Crippen LogP contribution in [0, 0.1) is 0 Å². The summed E-state index contributed by atoms with van der Waals surface area (Å²) < 4.78 is 86.9. The Hall–Kier alpha value is -4.27. The van der Waals surface area contributed by atoms with Crippen LogP contribution >= 0.6 is 11.6 Å².